The Morgan fingerprint density at radius 2 is 2.22 bits per heavy atom. The van der Waals surface area contributed by atoms with Crippen LogP contribution in [0.5, 0.6) is 0 Å². The van der Waals surface area contributed by atoms with Gasteiger partial charge >= 0.3 is 0 Å². The zero-order chi connectivity index (χ0) is 13.1. The average Bonchev–Trinajstić information content (AvgIpc) is 3.11. The second kappa shape index (κ2) is 5.52. The van der Waals surface area contributed by atoms with Crippen LogP contribution in [0.25, 0.3) is 0 Å². The predicted molar refractivity (Wildman–Crippen MR) is 68.0 cm³/mol. The maximum atomic E-state index is 11.9. The van der Waals surface area contributed by atoms with Crippen molar-refractivity contribution in [2.24, 2.45) is 5.92 Å². The summed E-state index contributed by atoms with van der Waals surface area (Å²) >= 11 is 0. The number of hydrogen-bond donors (Lipinski definition) is 1. The molecule has 1 heterocycles. The summed E-state index contributed by atoms with van der Waals surface area (Å²) in [6.45, 7) is 5.71. The first-order valence-electron chi connectivity index (χ1n) is 6.44. The van der Waals surface area contributed by atoms with E-state index in [1.807, 2.05) is 20.9 Å². The summed E-state index contributed by atoms with van der Waals surface area (Å²) in [6, 6.07) is 0. The molecule has 0 aliphatic heterocycles. The lowest BCUT2D eigenvalue weighted by Gasteiger charge is -2.17. The quantitative estimate of drug-likeness (QED) is 0.826. The molecule has 0 atom stereocenters. The largest absolute Gasteiger partial charge is 0.361 e. The molecule has 0 bridgehead atoms. The summed E-state index contributed by atoms with van der Waals surface area (Å²) < 4.78 is 5.09. The van der Waals surface area contributed by atoms with Gasteiger partial charge in [-0.1, -0.05) is 5.16 Å². The normalized spacial score (nSPS) is 14.8. The molecule has 100 valence electrons. The Bertz CT molecular complexity index is 404. The third-order valence-electron chi connectivity index (χ3n) is 3.41. The van der Waals surface area contributed by atoms with Crippen LogP contribution in [0.3, 0.4) is 0 Å². The Morgan fingerprint density at radius 1 is 1.50 bits per heavy atom. The minimum absolute atomic E-state index is 0.107. The Morgan fingerprint density at radius 3 is 2.78 bits per heavy atom. The Hall–Kier alpha value is -1.36. The van der Waals surface area contributed by atoms with Crippen molar-refractivity contribution in [3.63, 3.8) is 0 Å². The van der Waals surface area contributed by atoms with E-state index in [9.17, 15) is 4.79 Å². The van der Waals surface area contributed by atoms with Gasteiger partial charge in [0.25, 0.3) is 0 Å². The number of hydrogen-bond acceptors (Lipinski definition) is 4. The first kappa shape index (κ1) is 13.1. The van der Waals surface area contributed by atoms with Crippen molar-refractivity contribution >= 4 is 5.91 Å². The minimum Gasteiger partial charge on any atom is -0.361 e. The van der Waals surface area contributed by atoms with Crippen molar-refractivity contribution in [3.8, 4) is 0 Å². The molecule has 1 saturated carbocycles. The number of aromatic nitrogens is 1. The van der Waals surface area contributed by atoms with Gasteiger partial charge in [0.1, 0.15) is 5.76 Å². The molecule has 1 aromatic rings. The standard InChI is InChI=1S/C13H21N3O2/c1-9-12(10(2)18-15-9)8-16(3)13(17)7-14-6-11-4-5-11/h11,14H,4-8H2,1-3H3. The van der Waals surface area contributed by atoms with Gasteiger partial charge in [0.05, 0.1) is 18.8 Å². The molecule has 0 aromatic carbocycles. The van der Waals surface area contributed by atoms with Gasteiger partial charge in [-0.15, -0.1) is 0 Å². The highest BCUT2D eigenvalue weighted by molar-refractivity contribution is 5.78. The number of amides is 1. The van der Waals surface area contributed by atoms with Gasteiger partial charge < -0.3 is 14.7 Å². The van der Waals surface area contributed by atoms with E-state index in [2.05, 4.69) is 10.5 Å². The Balaban J connectivity index is 1.79. The highest BCUT2D eigenvalue weighted by atomic mass is 16.5. The third kappa shape index (κ3) is 3.32. The van der Waals surface area contributed by atoms with E-state index in [-0.39, 0.29) is 5.91 Å². The van der Waals surface area contributed by atoms with E-state index in [0.717, 1.165) is 29.5 Å². The molecule has 0 radical (unpaired) electrons. The fourth-order valence-electron chi connectivity index (χ4n) is 1.89. The number of likely N-dealkylation sites (N-methyl/N-ethyl adjacent to an activating group) is 1. The lowest BCUT2D eigenvalue weighted by molar-refractivity contribution is -0.129. The molecule has 18 heavy (non-hydrogen) atoms. The van der Waals surface area contributed by atoms with Crippen molar-refractivity contribution in [1.29, 1.82) is 0 Å². The van der Waals surface area contributed by atoms with Gasteiger partial charge in [-0.2, -0.15) is 0 Å². The van der Waals surface area contributed by atoms with Crippen molar-refractivity contribution in [3.05, 3.63) is 17.0 Å². The summed E-state index contributed by atoms with van der Waals surface area (Å²) in [7, 11) is 1.81. The highest BCUT2D eigenvalue weighted by Gasteiger charge is 2.21. The number of aryl methyl sites for hydroxylation is 2. The molecule has 5 nitrogen and oxygen atoms in total. The van der Waals surface area contributed by atoms with Gasteiger partial charge in [-0.3, -0.25) is 4.79 Å². The van der Waals surface area contributed by atoms with Crippen LogP contribution < -0.4 is 5.32 Å². The molecule has 5 heteroatoms. The number of carbonyl (C=O) groups is 1. The maximum Gasteiger partial charge on any atom is 0.236 e. The van der Waals surface area contributed by atoms with Crippen molar-refractivity contribution in [2.45, 2.75) is 33.2 Å². The molecule has 0 spiro atoms. The smallest absolute Gasteiger partial charge is 0.236 e. The number of nitrogens with zero attached hydrogens (tertiary/aromatic N) is 2. The van der Waals surface area contributed by atoms with E-state index < -0.39 is 0 Å². The SMILES string of the molecule is Cc1noc(C)c1CN(C)C(=O)CNCC1CC1. The Kier molecular flexibility index (Phi) is 4.01. The minimum atomic E-state index is 0.107. The van der Waals surface area contributed by atoms with E-state index in [1.54, 1.807) is 4.90 Å². The monoisotopic (exact) mass is 251 g/mol. The summed E-state index contributed by atoms with van der Waals surface area (Å²) in [5, 5.41) is 7.10. The molecular formula is C13H21N3O2. The highest BCUT2D eigenvalue weighted by Crippen LogP contribution is 2.27. The van der Waals surface area contributed by atoms with Crippen LogP contribution in [-0.4, -0.2) is 36.1 Å². The molecule has 1 fully saturated rings. The van der Waals surface area contributed by atoms with Crippen LogP contribution in [0.2, 0.25) is 0 Å². The number of nitrogens with one attached hydrogen (secondary N) is 1. The topological polar surface area (TPSA) is 58.4 Å². The Labute approximate surface area is 108 Å². The van der Waals surface area contributed by atoms with Crippen molar-refractivity contribution < 1.29 is 9.32 Å². The van der Waals surface area contributed by atoms with Gasteiger partial charge in [0.15, 0.2) is 0 Å². The molecule has 0 unspecified atom stereocenters. The van der Waals surface area contributed by atoms with E-state index >= 15 is 0 Å². The lowest BCUT2D eigenvalue weighted by Crippen LogP contribution is -2.36. The van der Waals surface area contributed by atoms with Crippen molar-refractivity contribution in [2.75, 3.05) is 20.1 Å². The molecule has 1 aliphatic rings. The zero-order valence-electron chi connectivity index (χ0n) is 11.3. The molecule has 0 saturated heterocycles. The van der Waals surface area contributed by atoms with E-state index in [4.69, 9.17) is 4.52 Å². The van der Waals surface area contributed by atoms with Crippen LogP contribution in [0.1, 0.15) is 29.9 Å². The fourth-order valence-corrected chi connectivity index (χ4v) is 1.89. The van der Waals surface area contributed by atoms with Crippen LogP contribution in [0.15, 0.2) is 4.52 Å². The molecular weight excluding hydrogens is 230 g/mol. The molecule has 1 aromatic heterocycles. The van der Waals surface area contributed by atoms with Gasteiger partial charge in [-0.25, -0.2) is 0 Å². The summed E-state index contributed by atoms with van der Waals surface area (Å²) in [5.41, 5.74) is 1.87. The zero-order valence-corrected chi connectivity index (χ0v) is 11.3. The third-order valence-corrected chi connectivity index (χ3v) is 3.41. The summed E-state index contributed by atoms with van der Waals surface area (Å²) in [5.74, 6) is 1.69. The first-order valence-corrected chi connectivity index (χ1v) is 6.44. The van der Waals surface area contributed by atoms with E-state index in [0.29, 0.717) is 13.1 Å². The van der Waals surface area contributed by atoms with Crippen molar-refractivity contribution in [1.82, 2.24) is 15.4 Å². The lowest BCUT2D eigenvalue weighted by atomic mass is 10.2. The summed E-state index contributed by atoms with van der Waals surface area (Å²) in [4.78, 5) is 13.6. The van der Waals surface area contributed by atoms with Crippen LogP contribution in [0, 0.1) is 19.8 Å². The fraction of sp³-hybridized carbons (Fsp3) is 0.692. The predicted octanol–water partition coefficient (Wildman–Crippen LogP) is 1.25. The van der Waals surface area contributed by atoms with E-state index in [1.165, 1.54) is 12.8 Å². The number of carbonyl (C=O) groups excluding carboxylic acids is 1. The first-order chi connectivity index (χ1) is 8.58. The average molecular weight is 251 g/mol. The van der Waals surface area contributed by atoms with Gasteiger partial charge in [0.2, 0.25) is 5.91 Å². The number of rotatable bonds is 6. The van der Waals surface area contributed by atoms with Gasteiger partial charge in [-0.05, 0) is 39.2 Å². The molecule has 1 N–H and O–H groups in total. The maximum absolute atomic E-state index is 11.9. The summed E-state index contributed by atoms with van der Waals surface area (Å²) in [6.07, 6.45) is 2.60. The van der Waals surface area contributed by atoms with Crippen LogP contribution in [-0.2, 0) is 11.3 Å². The molecule has 2 rings (SSSR count). The molecule has 1 amide bonds. The second-order valence-electron chi connectivity index (χ2n) is 5.13. The molecule has 1 aliphatic carbocycles. The van der Waals surface area contributed by atoms with Crippen LogP contribution >= 0.6 is 0 Å². The van der Waals surface area contributed by atoms with Crippen LogP contribution in [0.4, 0.5) is 0 Å². The van der Waals surface area contributed by atoms with Gasteiger partial charge in [0, 0.05) is 12.6 Å². The second-order valence-corrected chi connectivity index (χ2v) is 5.13.